The van der Waals surface area contributed by atoms with Crippen LogP contribution in [0.2, 0.25) is 0 Å². The summed E-state index contributed by atoms with van der Waals surface area (Å²) in [5.74, 6) is -0.642. The Morgan fingerprint density at radius 3 is 2.33 bits per heavy atom. The molecule has 1 aliphatic rings. The molecule has 1 atom stereocenters. The third-order valence-corrected chi connectivity index (χ3v) is 5.50. The highest BCUT2D eigenvalue weighted by Crippen LogP contribution is 2.22. The Labute approximate surface area is 177 Å². The topological polar surface area (TPSA) is 78.5 Å². The molecule has 0 aromatic heterocycles. The lowest BCUT2D eigenvalue weighted by Crippen LogP contribution is -2.29. The van der Waals surface area contributed by atoms with Gasteiger partial charge in [0, 0.05) is 36.4 Å². The minimum atomic E-state index is -0.332. The number of amides is 3. The molecule has 0 bridgehead atoms. The van der Waals surface area contributed by atoms with Gasteiger partial charge < -0.3 is 15.5 Å². The number of unbranched alkanes of at least 4 members (excludes halogenated alkanes) is 1. The van der Waals surface area contributed by atoms with E-state index in [4.69, 9.17) is 0 Å². The number of carbonyl (C=O) groups is 3. The van der Waals surface area contributed by atoms with Crippen LogP contribution in [0.15, 0.2) is 42.5 Å². The van der Waals surface area contributed by atoms with Crippen LogP contribution in [0.3, 0.4) is 0 Å². The van der Waals surface area contributed by atoms with E-state index in [0.717, 1.165) is 29.7 Å². The lowest BCUT2D eigenvalue weighted by atomic mass is 10.1. The molecule has 2 aromatic carbocycles. The van der Waals surface area contributed by atoms with Crippen LogP contribution in [0.1, 0.15) is 47.7 Å². The van der Waals surface area contributed by atoms with Crippen molar-refractivity contribution in [2.45, 2.75) is 40.0 Å². The average Bonchev–Trinajstić information content (AvgIpc) is 3.10. The summed E-state index contributed by atoms with van der Waals surface area (Å²) in [7, 11) is 0. The van der Waals surface area contributed by atoms with Crippen LogP contribution in [0.25, 0.3) is 0 Å². The Bertz CT molecular complexity index is 917. The fraction of sp³-hybridized carbons (Fsp3) is 0.375. The first kappa shape index (κ1) is 21.6. The van der Waals surface area contributed by atoms with Crippen LogP contribution < -0.4 is 10.6 Å². The van der Waals surface area contributed by atoms with Gasteiger partial charge >= 0.3 is 0 Å². The predicted octanol–water partition coefficient (Wildman–Crippen LogP) is 4.14. The molecule has 2 N–H and O–H groups in total. The van der Waals surface area contributed by atoms with Crippen molar-refractivity contribution in [2.75, 3.05) is 23.7 Å². The summed E-state index contributed by atoms with van der Waals surface area (Å²) in [5, 5.41) is 5.82. The summed E-state index contributed by atoms with van der Waals surface area (Å²) in [6.45, 7) is 7.18. The Morgan fingerprint density at radius 2 is 1.70 bits per heavy atom. The minimum absolute atomic E-state index is 0.0436. The van der Waals surface area contributed by atoms with Gasteiger partial charge in [-0.3, -0.25) is 14.4 Å². The summed E-state index contributed by atoms with van der Waals surface area (Å²) in [4.78, 5) is 39.0. The van der Waals surface area contributed by atoms with Crippen molar-refractivity contribution in [2.24, 2.45) is 5.92 Å². The second kappa shape index (κ2) is 9.57. The number of likely N-dealkylation sites (tertiary alicyclic amines) is 1. The second-order valence-corrected chi connectivity index (χ2v) is 7.88. The maximum absolute atomic E-state index is 12.6. The van der Waals surface area contributed by atoms with Gasteiger partial charge in [-0.1, -0.05) is 31.5 Å². The maximum atomic E-state index is 12.6. The predicted molar refractivity (Wildman–Crippen MR) is 119 cm³/mol. The molecule has 3 amide bonds. The summed E-state index contributed by atoms with van der Waals surface area (Å²) in [6.07, 6.45) is 2.22. The zero-order valence-corrected chi connectivity index (χ0v) is 17.8. The first-order chi connectivity index (χ1) is 14.4. The minimum Gasteiger partial charge on any atom is -0.342 e. The monoisotopic (exact) mass is 407 g/mol. The molecule has 6 nitrogen and oxygen atoms in total. The molecule has 1 heterocycles. The third-order valence-electron chi connectivity index (χ3n) is 5.50. The van der Waals surface area contributed by atoms with Crippen molar-refractivity contribution in [3.05, 3.63) is 59.2 Å². The zero-order valence-electron chi connectivity index (χ0n) is 17.8. The fourth-order valence-corrected chi connectivity index (χ4v) is 3.66. The number of aryl methyl sites for hydroxylation is 2. The largest absolute Gasteiger partial charge is 0.342 e. The van der Waals surface area contributed by atoms with Gasteiger partial charge in [0.25, 0.3) is 5.91 Å². The summed E-state index contributed by atoms with van der Waals surface area (Å²) >= 11 is 0. The van der Waals surface area contributed by atoms with Crippen LogP contribution in [0.4, 0.5) is 11.4 Å². The SMILES string of the molecule is CCCCN1CC(C(=O)Nc2ccc(C(=O)Nc3c(C)cccc3C)cc2)CC1=O. The van der Waals surface area contributed by atoms with Crippen LogP contribution in [-0.2, 0) is 9.59 Å². The van der Waals surface area contributed by atoms with E-state index >= 15 is 0 Å². The van der Waals surface area contributed by atoms with Crippen molar-refractivity contribution in [1.82, 2.24) is 4.90 Å². The first-order valence-corrected chi connectivity index (χ1v) is 10.4. The van der Waals surface area contributed by atoms with E-state index in [9.17, 15) is 14.4 Å². The normalized spacial score (nSPS) is 15.9. The number of para-hydroxylation sites is 1. The zero-order chi connectivity index (χ0) is 21.7. The number of rotatable bonds is 7. The van der Waals surface area contributed by atoms with E-state index in [1.165, 1.54) is 0 Å². The molecule has 1 fully saturated rings. The molecule has 1 aliphatic heterocycles. The maximum Gasteiger partial charge on any atom is 0.255 e. The van der Waals surface area contributed by atoms with Gasteiger partial charge in [-0.15, -0.1) is 0 Å². The fourth-order valence-electron chi connectivity index (χ4n) is 3.66. The Morgan fingerprint density at radius 1 is 1.03 bits per heavy atom. The molecular weight excluding hydrogens is 378 g/mol. The number of carbonyl (C=O) groups excluding carboxylic acids is 3. The highest BCUT2D eigenvalue weighted by atomic mass is 16.2. The molecule has 1 unspecified atom stereocenters. The highest BCUT2D eigenvalue weighted by molar-refractivity contribution is 6.05. The molecule has 158 valence electrons. The molecule has 0 spiro atoms. The third kappa shape index (κ3) is 5.06. The molecule has 0 radical (unpaired) electrons. The molecule has 30 heavy (non-hydrogen) atoms. The van der Waals surface area contributed by atoms with E-state index in [1.54, 1.807) is 29.2 Å². The Hall–Kier alpha value is -3.15. The first-order valence-electron chi connectivity index (χ1n) is 10.4. The number of benzene rings is 2. The summed E-state index contributed by atoms with van der Waals surface area (Å²) in [5.41, 5.74) is 3.96. The molecule has 2 aromatic rings. The lowest BCUT2D eigenvalue weighted by molar-refractivity contribution is -0.128. The standard InChI is InChI=1S/C24H29N3O3/c1-4-5-13-27-15-19(14-21(27)28)24(30)25-20-11-9-18(10-12-20)23(29)26-22-16(2)7-6-8-17(22)3/h6-12,19H,4-5,13-15H2,1-3H3,(H,25,30)(H,26,29). The molecule has 6 heteroatoms. The van der Waals surface area contributed by atoms with Crippen molar-refractivity contribution < 1.29 is 14.4 Å². The van der Waals surface area contributed by atoms with Crippen molar-refractivity contribution >= 4 is 29.1 Å². The molecule has 1 saturated heterocycles. The number of hydrogen-bond acceptors (Lipinski definition) is 3. The van der Waals surface area contributed by atoms with E-state index in [2.05, 4.69) is 17.6 Å². The lowest BCUT2D eigenvalue weighted by Gasteiger charge is -2.16. The van der Waals surface area contributed by atoms with Gasteiger partial charge in [-0.05, 0) is 55.7 Å². The molecular formula is C24H29N3O3. The molecule has 0 saturated carbocycles. The van der Waals surface area contributed by atoms with Gasteiger partial charge in [0.2, 0.25) is 11.8 Å². The van der Waals surface area contributed by atoms with Gasteiger partial charge in [0.15, 0.2) is 0 Å². The van der Waals surface area contributed by atoms with Gasteiger partial charge in [0.1, 0.15) is 0 Å². The van der Waals surface area contributed by atoms with Crippen molar-refractivity contribution in [3.8, 4) is 0 Å². The quantitative estimate of drug-likeness (QED) is 0.724. The number of hydrogen-bond donors (Lipinski definition) is 2. The van der Waals surface area contributed by atoms with Gasteiger partial charge in [0.05, 0.1) is 5.92 Å². The summed E-state index contributed by atoms with van der Waals surface area (Å²) < 4.78 is 0. The number of nitrogens with zero attached hydrogens (tertiary/aromatic N) is 1. The molecule has 0 aliphatic carbocycles. The van der Waals surface area contributed by atoms with Crippen LogP contribution in [0, 0.1) is 19.8 Å². The Balaban J connectivity index is 1.58. The van der Waals surface area contributed by atoms with Crippen molar-refractivity contribution in [3.63, 3.8) is 0 Å². The van der Waals surface area contributed by atoms with Gasteiger partial charge in [-0.25, -0.2) is 0 Å². The van der Waals surface area contributed by atoms with Crippen LogP contribution in [0.5, 0.6) is 0 Å². The Kier molecular flexibility index (Phi) is 6.87. The molecule has 3 rings (SSSR count). The van der Waals surface area contributed by atoms with Crippen molar-refractivity contribution in [1.29, 1.82) is 0 Å². The van der Waals surface area contributed by atoms with E-state index in [1.807, 2.05) is 32.0 Å². The highest BCUT2D eigenvalue weighted by Gasteiger charge is 2.33. The number of nitrogens with one attached hydrogen (secondary N) is 2. The number of anilines is 2. The average molecular weight is 408 g/mol. The smallest absolute Gasteiger partial charge is 0.255 e. The van der Waals surface area contributed by atoms with Crippen LogP contribution in [-0.4, -0.2) is 35.7 Å². The van der Waals surface area contributed by atoms with E-state index < -0.39 is 0 Å². The summed E-state index contributed by atoms with van der Waals surface area (Å²) in [6, 6.07) is 12.7. The van der Waals surface area contributed by atoms with Gasteiger partial charge in [-0.2, -0.15) is 0 Å². The van der Waals surface area contributed by atoms with E-state index in [0.29, 0.717) is 24.3 Å². The second-order valence-electron chi connectivity index (χ2n) is 7.88. The van der Waals surface area contributed by atoms with Crippen LogP contribution >= 0.6 is 0 Å². The van der Waals surface area contributed by atoms with E-state index in [-0.39, 0.29) is 30.1 Å².